The summed E-state index contributed by atoms with van der Waals surface area (Å²) in [5.74, 6) is 1.87. The van der Waals surface area contributed by atoms with Gasteiger partial charge in [0, 0.05) is 5.70 Å². The van der Waals surface area contributed by atoms with Crippen LogP contribution in [0.15, 0.2) is 70.8 Å². The van der Waals surface area contributed by atoms with Crippen molar-refractivity contribution in [3.63, 3.8) is 0 Å². The molecule has 2 aromatic carbocycles. The highest BCUT2D eigenvalue weighted by molar-refractivity contribution is 6.00. The molecule has 5 nitrogen and oxygen atoms in total. The van der Waals surface area contributed by atoms with Crippen molar-refractivity contribution in [2.24, 2.45) is 16.0 Å². The number of hydrogen-bond donors (Lipinski definition) is 2. The Labute approximate surface area is 160 Å². The van der Waals surface area contributed by atoms with Crippen LogP contribution >= 0.6 is 0 Å². The molecule has 1 atom stereocenters. The lowest BCUT2D eigenvalue weighted by Gasteiger charge is -2.24. The van der Waals surface area contributed by atoms with Gasteiger partial charge in [-0.05, 0) is 54.3 Å². The van der Waals surface area contributed by atoms with E-state index in [1.165, 1.54) is 0 Å². The lowest BCUT2D eigenvalue weighted by atomic mass is 10.0. The van der Waals surface area contributed by atoms with E-state index in [9.17, 15) is 0 Å². The molecule has 0 amide bonds. The summed E-state index contributed by atoms with van der Waals surface area (Å²) < 4.78 is 5.25. The Morgan fingerprint density at radius 3 is 2.44 bits per heavy atom. The summed E-state index contributed by atoms with van der Waals surface area (Å²) in [5, 5.41) is 7.84. The van der Waals surface area contributed by atoms with E-state index < -0.39 is 0 Å². The standard InChI is InChI=1S/C22H26N4O/c1-15(2)20-14-21(18-10-12-19(27-4)13-11-18)24-22(23-20)26-25-16(3)17-8-6-5-7-9-17/h5-15,20H,1-4H3,(H2,23,24,26)/b25-16+. The molecule has 0 aliphatic carbocycles. The molecule has 2 aromatic rings. The third-order valence-corrected chi connectivity index (χ3v) is 4.47. The van der Waals surface area contributed by atoms with Crippen molar-refractivity contribution in [3.8, 4) is 5.75 Å². The van der Waals surface area contributed by atoms with Gasteiger partial charge in [-0.15, -0.1) is 0 Å². The van der Waals surface area contributed by atoms with Crippen molar-refractivity contribution in [1.29, 1.82) is 0 Å². The second-order valence-electron chi connectivity index (χ2n) is 6.82. The smallest absolute Gasteiger partial charge is 0.217 e. The number of guanidine groups is 1. The number of nitrogens with one attached hydrogen (secondary N) is 2. The van der Waals surface area contributed by atoms with Gasteiger partial charge in [-0.1, -0.05) is 44.2 Å². The SMILES string of the molecule is COc1ccc(C2=CC(C(C)C)N=C(N/N=C(\C)c3ccccc3)N2)cc1. The van der Waals surface area contributed by atoms with E-state index in [0.717, 1.165) is 28.3 Å². The molecule has 3 rings (SSSR count). The van der Waals surface area contributed by atoms with Gasteiger partial charge in [0.1, 0.15) is 5.75 Å². The summed E-state index contributed by atoms with van der Waals surface area (Å²) in [6.07, 6.45) is 2.16. The third-order valence-electron chi connectivity index (χ3n) is 4.47. The fraction of sp³-hybridized carbons (Fsp3) is 0.273. The molecule has 1 aliphatic rings. The lowest BCUT2D eigenvalue weighted by Crippen LogP contribution is -2.38. The predicted molar refractivity (Wildman–Crippen MR) is 112 cm³/mol. The number of methoxy groups -OCH3 is 1. The Balaban J connectivity index is 1.79. The molecule has 1 heterocycles. The van der Waals surface area contributed by atoms with Gasteiger partial charge in [-0.2, -0.15) is 5.10 Å². The largest absolute Gasteiger partial charge is 0.497 e. The highest BCUT2D eigenvalue weighted by Crippen LogP contribution is 2.22. The maximum atomic E-state index is 5.25. The molecule has 1 aliphatic heterocycles. The second-order valence-corrected chi connectivity index (χ2v) is 6.82. The van der Waals surface area contributed by atoms with Gasteiger partial charge < -0.3 is 10.1 Å². The van der Waals surface area contributed by atoms with Crippen LogP contribution in [0.5, 0.6) is 5.75 Å². The number of aliphatic imine (C=N–C) groups is 1. The van der Waals surface area contributed by atoms with Gasteiger partial charge in [-0.3, -0.25) is 0 Å². The highest BCUT2D eigenvalue weighted by Gasteiger charge is 2.19. The molecular formula is C22H26N4O. The Kier molecular flexibility index (Phi) is 5.91. The van der Waals surface area contributed by atoms with Crippen molar-refractivity contribution in [1.82, 2.24) is 10.7 Å². The van der Waals surface area contributed by atoms with Gasteiger partial charge in [0.25, 0.3) is 0 Å². The molecule has 2 N–H and O–H groups in total. The predicted octanol–water partition coefficient (Wildman–Crippen LogP) is 4.03. The van der Waals surface area contributed by atoms with E-state index in [1.807, 2.05) is 61.5 Å². The first-order valence-corrected chi connectivity index (χ1v) is 9.13. The van der Waals surface area contributed by atoms with Crippen LogP contribution in [0.3, 0.4) is 0 Å². The molecule has 140 valence electrons. The Morgan fingerprint density at radius 1 is 1.11 bits per heavy atom. The van der Waals surface area contributed by atoms with Crippen molar-refractivity contribution in [2.75, 3.05) is 7.11 Å². The quantitative estimate of drug-likeness (QED) is 0.624. The topological polar surface area (TPSA) is 58.0 Å². The summed E-state index contributed by atoms with van der Waals surface area (Å²) in [6.45, 7) is 6.31. The molecular weight excluding hydrogens is 336 g/mol. The van der Waals surface area contributed by atoms with Crippen LogP contribution in [0, 0.1) is 5.92 Å². The lowest BCUT2D eigenvalue weighted by molar-refractivity contribution is 0.415. The number of hydrazone groups is 1. The number of hydrogen-bond acceptors (Lipinski definition) is 5. The van der Waals surface area contributed by atoms with E-state index in [0.29, 0.717) is 11.9 Å². The minimum Gasteiger partial charge on any atom is -0.497 e. The zero-order valence-corrected chi connectivity index (χ0v) is 16.2. The van der Waals surface area contributed by atoms with Crippen molar-refractivity contribution < 1.29 is 4.74 Å². The minimum atomic E-state index is 0.0816. The van der Waals surface area contributed by atoms with Gasteiger partial charge in [0.15, 0.2) is 0 Å². The Bertz CT molecular complexity index is 852. The Morgan fingerprint density at radius 2 is 1.81 bits per heavy atom. The maximum absolute atomic E-state index is 5.25. The molecule has 0 saturated carbocycles. The molecule has 1 unspecified atom stereocenters. The number of benzene rings is 2. The zero-order chi connectivity index (χ0) is 19.2. The Hall–Kier alpha value is -3.08. The summed E-state index contributed by atoms with van der Waals surface area (Å²) in [6, 6.07) is 18.2. The van der Waals surface area contributed by atoms with Gasteiger partial charge in [0.05, 0.1) is 18.9 Å². The zero-order valence-electron chi connectivity index (χ0n) is 16.2. The molecule has 5 heteroatoms. The van der Waals surface area contributed by atoms with E-state index in [2.05, 4.69) is 35.8 Å². The van der Waals surface area contributed by atoms with Crippen LogP contribution in [0.1, 0.15) is 31.9 Å². The van der Waals surface area contributed by atoms with E-state index in [1.54, 1.807) is 7.11 Å². The van der Waals surface area contributed by atoms with Crippen molar-refractivity contribution in [3.05, 3.63) is 71.8 Å². The van der Waals surface area contributed by atoms with Gasteiger partial charge in [0.2, 0.25) is 5.96 Å². The molecule has 0 spiro atoms. The first-order valence-electron chi connectivity index (χ1n) is 9.13. The molecule has 0 bridgehead atoms. The van der Waals surface area contributed by atoms with Crippen LogP contribution in [0.25, 0.3) is 5.70 Å². The van der Waals surface area contributed by atoms with Crippen LogP contribution in [-0.4, -0.2) is 24.8 Å². The van der Waals surface area contributed by atoms with Gasteiger partial charge in [-0.25, -0.2) is 10.4 Å². The molecule has 0 radical (unpaired) electrons. The molecule has 27 heavy (non-hydrogen) atoms. The summed E-state index contributed by atoms with van der Waals surface area (Å²) in [7, 11) is 1.67. The molecule has 0 aromatic heterocycles. The van der Waals surface area contributed by atoms with E-state index >= 15 is 0 Å². The average Bonchev–Trinajstić information content (AvgIpc) is 2.72. The fourth-order valence-electron chi connectivity index (χ4n) is 2.78. The van der Waals surface area contributed by atoms with Crippen LogP contribution in [-0.2, 0) is 0 Å². The van der Waals surface area contributed by atoms with Crippen LogP contribution in [0.4, 0.5) is 0 Å². The minimum absolute atomic E-state index is 0.0816. The summed E-state index contributed by atoms with van der Waals surface area (Å²) >= 11 is 0. The van der Waals surface area contributed by atoms with Crippen LogP contribution < -0.4 is 15.5 Å². The fourth-order valence-corrected chi connectivity index (χ4v) is 2.78. The number of ether oxygens (including phenoxy) is 1. The van der Waals surface area contributed by atoms with E-state index in [4.69, 9.17) is 9.73 Å². The summed E-state index contributed by atoms with van der Waals surface area (Å²) in [5.41, 5.74) is 7.17. The third kappa shape index (κ3) is 4.76. The number of nitrogens with zero attached hydrogens (tertiary/aromatic N) is 2. The summed E-state index contributed by atoms with van der Waals surface area (Å²) in [4.78, 5) is 4.74. The van der Waals surface area contributed by atoms with Crippen molar-refractivity contribution in [2.45, 2.75) is 26.8 Å². The van der Waals surface area contributed by atoms with Crippen molar-refractivity contribution >= 4 is 17.4 Å². The second kappa shape index (κ2) is 8.54. The maximum Gasteiger partial charge on any atom is 0.217 e. The van der Waals surface area contributed by atoms with Crippen LogP contribution in [0.2, 0.25) is 0 Å². The van der Waals surface area contributed by atoms with E-state index in [-0.39, 0.29) is 6.04 Å². The highest BCUT2D eigenvalue weighted by atomic mass is 16.5. The molecule has 0 fully saturated rings. The first kappa shape index (κ1) is 18.7. The first-order chi connectivity index (χ1) is 13.1. The average molecular weight is 362 g/mol. The molecule has 0 saturated heterocycles. The number of rotatable bonds is 5. The van der Waals surface area contributed by atoms with Gasteiger partial charge >= 0.3 is 0 Å². The normalized spacial score (nSPS) is 17.1. The monoisotopic (exact) mass is 362 g/mol.